The highest BCUT2D eigenvalue weighted by molar-refractivity contribution is 5.99. The number of benzene rings is 1. The van der Waals surface area contributed by atoms with E-state index in [1.54, 1.807) is 11.0 Å². The monoisotopic (exact) mass is 276 g/mol. The summed E-state index contributed by atoms with van der Waals surface area (Å²) in [5.74, 6) is 0.829. The van der Waals surface area contributed by atoms with Gasteiger partial charge in [0.2, 0.25) is 0 Å². The summed E-state index contributed by atoms with van der Waals surface area (Å²) in [6.07, 6.45) is 0.396. The van der Waals surface area contributed by atoms with Gasteiger partial charge in [0.1, 0.15) is 6.61 Å². The van der Waals surface area contributed by atoms with Crippen molar-refractivity contribution in [1.29, 1.82) is 0 Å². The van der Waals surface area contributed by atoms with Gasteiger partial charge in [-0.2, -0.15) is 0 Å². The van der Waals surface area contributed by atoms with Crippen LogP contribution in [0, 0.1) is 5.92 Å². The molecular weight excluding hydrogens is 256 g/mol. The summed E-state index contributed by atoms with van der Waals surface area (Å²) in [5.41, 5.74) is 1.45. The van der Waals surface area contributed by atoms with Gasteiger partial charge in [0.25, 0.3) is 5.91 Å². The van der Waals surface area contributed by atoms with Crippen LogP contribution >= 0.6 is 0 Å². The molecule has 108 valence electrons. The molecule has 2 aliphatic heterocycles. The fourth-order valence-corrected chi connectivity index (χ4v) is 2.74. The molecule has 2 unspecified atom stereocenters. The number of para-hydroxylation sites is 1. The number of carbonyl (C=O) groups is 1. The van der Waals surface area contributed by atoms with E-state index >= 15 is 0 Å². The molecule has 0 aromatic heterocycles. The van der Waals surface area contributed by atoms with Crippen LogP contribution in [-0.4, -0.2) is 48.3 Å². The molecule has 5 nitrogen and oxygen atoms in total. The van der Waals surface area contributed by atoms with Crippen molar-refractivity contribution in [2.45, 2.75) is 19.4 Å². The highest BCUT2D eigenvalue weighted by Gasteiger charge is 2.30. The lowest BCUT2D eigenvalue weighted by atomic mass is 9.95. The topological polar surface area (TPSA) is 61.8 Å². The molecule has 2 N–H and O–H groups in total. The lowest BCUT2D eigenvalue weighted by molar-refractivity contribution is 0.0246. The van der Waals surface area contributed by atoms with Gasteiger partial charge >= 0.3 is 0 Å². The summed E-state index contributed by atoms with van der Waals surface area (Å²) in [7, 11) is 0. The van der Waals surface area contributed by atoms with Crippen molar-refractivity contribution in [3.05, 3.63) is 23.8 Å². The third-order valence-electron chi connectivity index (χ3n) is 4.12. The van der Waals surface area contributed by atoms with Gasteiger partial charge in [0.15, 0.2) is 5.75 Å². The minimum atomic E-state index is -0.439. The molecule has 5 heteroatoms. The molecule has 0 radical (unpaired) electrons. The smallest absolute Gasteiger partial charge is 0.257 e. The predicted molar refractivity (Wildman–Crippen MR) is 76.1 cm³/mol. The van der Waals surface area contributed by atoms with E-state index in [0.717, 1.165) is 18.7 Å². The van der Waals surface area contributed by atoms with Crippen LogP contribution in [0.2, 0.25) is 0 Å². The average Bonchev–Trinajstić information content (AvgIpc) is 2.49. The van der Waals surface area contributed by atoms with Crippen LogP contribution in [0.15, 0.2) is 18.2 Å². The van der Waals surface area contributed by atoms with E-state index in [9.17, 15) is 9.90 Å². The second-order valence-corrected chi connectivity index (χ2v) is 5.54. The van der Waals surface area contributed by atoms with E-state index in [1.165, 1.54) is 0 Å². The Kier molecular flexibility index (Phi) is 3.53. The van der Waals surface area contributed by atoms with E-state index in [2.05, 4.69) is 5.32 Å². The number of nitrogens with one attached hydrogen (secondary N) is 1. The summed E-state index contributed by atoms with van der Waals surface area (Å²) in [6.45, 7) is 4.43. The van der Waals surface area contributed by atoms with Gasteiger partial charge in [0, 0.05) is 19.6 Å². The number of fused-ring (bicyclic) bond motifs is 1. The largest absolute Gasteiger partial charge is 0.489 e. The number of amides is 1. The normalized spacial score (nSPS) is 25.4. The molecule has 1 aromatic carbocycles. The van der Waals surface area contributed by atoms with E-state index in [1.807, 2.05) is 19.1 Å². The van der Waals surface area contributed by atoms with Gasteiger partial charge in [-0.3, -0.25) is 4.79 Å². The highest BCUT2D eigenvalue weighted by Crippen LogP contribution is 2.32. The quantitative estimate of drug-likeness (QED) is 0.812. The average molecular weight is 276 g/mol. The summed E-state index contributed by atoms with van der Waals surface area (Å²) in [5, 5.41) is 13.2. The molecule has 0 bridgehead atoms. The van der Waals surface area contributed by atoms with Gasteiger partial charge < -0.3 is 20.1 Å². The number of β-amino-alcohol motifs (C(OH)–C–C–N with tert-alkyl or cyclic N) is 1. The maximum absolute atomic E-state index is 12.6. The van der Waals surface area contributed by atoms with Crippen molar-refractivity contribution in [2.75, 3.05) is 31.6 Å². The lowest BCUT2D eigenvalue weighted by Crippen LogP contribution is -2.46. The van der Waals surface area contributed by atoms with Gasteiger partial charge in [-0.25, -0.2) is 0 Å². The van der Waals surface area contributed by atoms with Crippen molar-refractivity contribution in [2.24, 2.45) is 5.92 Å². The molecule has 2 heterocycles. The Balaban J connectivity index is 1.84. The van der Waals surface area contributed by atoms with Crippen molar-refractivity contribution in [3.63, 3.8) is 0 Å². The van der Waals surface area contributed by atoms with Crippen molar-refractivity contribution in [1.82, 2.24) is 4.90 Å². The Hall–Kier alpha value is -1.75. The molecular formula is C15H20N2O3. The Morgan fingerprint density at radius 2 is 2.35 bits per heavy atom. The SMILES string of the molecule is CC1CCN(C(=O)c2cccc3c2OCCN3)CC1O. The van der Waals surface area contributed by atoms with Gasteiger partial charge in [-0.1, -0.05) is 13.0 Å². The van der Waals surface area contributed by atoms with Crippen LogP contribution in [0.3, 0.4) is 0 Å². The lowest BCUT2D eigenvalue weighted by Gasteiger charge is -2.35. The third-order valence-corrected chi connectivity index (χ3v) is 4.12. The van der Waals surface area contributed by atoms with Crippen molar-refractivity contribution in [3.8, 4) is 5.75 Å². The summed E-state index contributed by atoms with van der Waals surface area (Å²) in [4.78, 5) is 14.4. The van der Waals surface area contributed by atoms with Crippen LogP contribution in [0.1, 0.15) is 23.7 Å². The molecule has 0 spiro atoms. The fraction of sp³-hybridized carbons (Fsp3) is 0.533. The third kappa shape index (κ3) is 2.33. The molecule has 1 aromatic rings. The van der Waals surface area contributed by atoms with Gasteiger partial charge in [-0.15, -0.1) is 0 Å². The Labute approximate surface area is 118 Å². The zero-order chi connectivity index (χ0) is 14.1. The first-order valence-electron chi connectivity index (χ1n) is 7.14. The minimum absolute atomic E-state index is 0.0588. The number of anilines is 1. The van der Waals surface area contributed by atoms with Crippen molar-refractivity contribution < 1.29 is 14.6 Å². The number of hydrogen-bond acceptors (Lipinski definition) is 4. The molecule has 1 fully saturated rings. The highest BCUT2D eigenvalue weighted by atomic mass is 16.5. The van der Waals surface area contributed by atoms with Crippen LogP contribution < -0.4 is 10.1 Å². The van der Waals surface area contributed by atoms with Crippen LogP contribution in [0.4, 0.5) is 5.69 Å². The molecule has 2 atom stereocenters. The second kappa shape index (κ2) is 5.32. The molecule has 1 saturated heterocycles. The van der Waals surface area contributed by atoms with Crippen molar-refractivity contribution >= 4 is 11.6 Å². The summed E-state index contributed by atoms with van der Waals surface area (Å²) < 4.78 is 5.64. The zero-order valence-corrected chi connectivity index (χ0v) is 11.6. The fourth-order valence-electron chi connectivity index (χ4n) is 2.74. The number of carbonyl (C=O) groups excluding carboxylic acids is 1. The van der Waals surface area contributed by atoms with E-state index in [4.69, 9.17) is 4.74 Å². The minimum Gasteiger partial charge on any atom is -0.489 e. The van der Waals surface area contributed by atoms with E-state index in [0.29, 0.717) is 31.0 Å². The number of aliphatic hydroxyl groups is 1. The standard InChI is InChI=1S/C15H20N2O3/c1-10-5-7-17(9-13(10)18)15(19)11-3-2-4-12-14(11)20-8-6-16-12/h2-4,10,13,16,18H,5-9H2,1H3. The zero-order valence-electron chi connectivity index (χ0n) is 11.6. The Morgan fingerprint density at radius 1 is 1.50 bits per heavy atom. The number of likely N-dealkylation sites (tertiary alicyclic amines) is 1. The predicted octanol–water partition coefficient (Wildman–Crippen LogP) is 1.33. The Morgan fingerprint density at radius 3 is 3.15 bits per heavy atom. The number of piperidine rings is 1. The number of ether oxygens (including phenoxy) is 1. The summed E-state index contributed by atoms with van der Waals surface area (Å²) >= 11 is 0. The first-order chi connectivity index (χ1) is 9.66. The molecule has 20 heavy (non-hydrogen) atoms. The van der Waals surface area contributed by atoms with Crippen LogP contribution in [0.25, 0.3) is 0 Å². The van der Waals surface area contributed by atoms with E-state index < -0.39 is 6.10 Å². The molecule has 1 amide bonds. The number of rotatable bonds is 1. The molecule has 3 rings (SSSR count). The van der Waals surface area contributed by atoms with Crippen LogP contribution in [0.5, 0.6) is 5.75 Å². The number of hydrogen-bond donors (Lipinski definition) is 2. The van der Waals surface area contributed by atoms with Gasteiger partial charge in [0.05, 0.1) is 17.4 Å². The van der Waals surface area contributed by atoms with E-state index in [-0.39, 0.29) is 11.8 Å². The molecule has 0 saturated carbocycles. The summed E-state index contributed by atoms with van der Waals surface area (Å²) in [6, 6.07) is 5.56. The number of aliphatic hydroxyl groups excluding tert-OH is 1. The molecule has 0 aliphatic carbocycles. The second-order valence-electron chi connectivity index (χ2n) is 5.54. The number of nitrogens with zero attached hydrogens (tertiary/aromatic N) is 1. The Bertz CT molecular complexity index is 518. The molecule has 2 aliphatic rings. The van der Waals surface area contributed by atoms with Gasteiger partial charge in [-0.05, 0) is 24.5 Å². The first-order valence-corrected chi connectivity index (χ1v) is 7.14. The van der Waals surface area contributed by atoms with Crippen LogP contribution in [-0.2, 0) is 0 Å². The maximum Gasteiger partial charge on any atom is 0.257 e. The first kappa shape index (κ1) is 13.2. The maximum atomic E-state index is 12.6.